The largest absolute Gasteiger partial charge is 0.309 e. The van der Waals surface area contributed by atoms with Gasteiger partial charge in [0.1, 0.15) is 5.84 Å². The highest BCUT2D eigenvalue weighted by Gasteiger charge is 2.52. The summed E-state index contributed by atoms with van der Waals surface area (Å²) in [5.41, 5.74) is 21.6. The molecule has 1 aromatic heterocycles. The van der Waals surface area contributed by atoms with Crippen LogP contribution < -0.4 is 0 Å². The van der Waals surface area contributed by atoms with Gasteiger partial charge in [-0.25, -0.2) is 9.98 Å². The van der Waals surface area contributed by atoms with Crippen molar-refractivity contribution in [2.24, 2.45) is 21.8 Å². The van der Waals surface area contributed by atoms with E-state index in [1.807, 2.05) is 0 Å². The van der Waals surface area contributed by atoms with Crippen molar-refractivity contribution >= 4 is 44.6 Å². The van der Waals surface area contributed by atoms with Crippen LogP contribution in [0.2, 0.25) is 0 Å². The lowest BCUT2D eigenvalue weighted by atomic mass is 9.70. The van der Waals surface area contributed by atoms with Gasteiger partial charge in [0, 0.05) is 39.4 Å². The van der Waals surface area contributed by atoms with Crippen LogP contribution in [0.25, 0.3) is 61.0 Å². The van der Waals surface area contributed by atoms with E-state index in [1.165, 1.54) is 83.0 Å². The number of fused-ring (bicyclic) bond motifs is 14. The summed E-state index contributed by atoms with van der Waals surface area (Å²) < 4.78 is 2.53. The number of nitrogens with zero attached hydrogens (tertiary/aromatic N) is 3. The van der Waals surface area contributed by atoms with Crippen LogP contribution in [0.1, 0.15) is 59.2 Å². The number of aromatic nitrogens is 1. The molecule has 3 aliphatic carbocycles. The van der Waals surface area contributed by atoms with Crippen molar-refractivity contribution in [3.8, 4) is 27.9 Å². The van der Waals surface area contributed by atoms with Crippen LogP contribution in [0, 0.1) is 11.8 Å². The van der Waals surface area contributed by atoms with Crippen LogP contribution in [0.4, 0.5) is 0 Å². The van der Waals surface area contributed by atoms with Gasteiger partial charge in [0.25, 0.3) is 0 Å². The summed E-state index contributed by atoms with van der Waals surface area (Å²) in [6.45, 7) is 4.55. The first kappa shape index (κ1) is 37.7. The molecule has 0 bridgehead atoms. The van der Waals surface area contributed by atoms with Crippen molar-refractivity contribution in [1.29, 1.82) is 0 Å². The molecule has 2 unspecified atom stereocenters. The molecule has 3 nitrogen and oxygen atoms in total. The van der Waals surface area contributed by atoms with Gasteiger partial charge >= 0.3 is 0 Å². The maximum atomic E-state index is 5.70. The highest BCUT2D eigenvalue weighted by molar-refractivity contribution is 6.17. The zero-order valence-corrected chi connectivity index (χ0v) is 36.4. The second-order valence-electron chi connectivity index (χ2n) is 18.0. The molecule has 0 saturated carbocycles. The number of allylic oxidation sites excluding steroid dienone is 4. The van der Waals surface area contributed by atoms with Crippen molar-refractivity contribution in [1.82, 2.24) is 4.57 Å². The van der Waals surface area contributed by atoms with Crippen molar-refractivity contribution < 1.29 is 0 Å². The highest BCUT2D eigenvalue weighted by Crippen LogP contribution is 2.64. The molecular weight excluding hydrogens is 787 g/mol. The van der Waals surface area contributed by atoms with Crippen molar-refractivity contribution in [3.63, 3.8) is 0 Å². The average molecular weight is 832 g/mol. The molecule has 0 N–H and O–H groups in total. The van der Waals surface area contributed by atoms with Crippen LogP contribution in [0.3, 0.4) is 0 Å². The van der Waals surface area contributed by atoms with Crippen LogP contribution in [0.15, 0.2) is 228 Å². The molecule has 9 aromatic rings. The van der Waals surface area contributed by atoms with E-state index in [4.69, 9.17) is 9.98 Å². The maximum absolute atomic E-state index is 5.70. The predicted octanol–water partition coefficient (Wildman–Crippen LogP) is 15.1. The van der Waals surface area contributed by atoms with E-state index in [1.54, 1.807) is 0 Å². The zero-order valence-electron chi connectivity index (χ0n) is 36.4. The fourth-order valence-corrected chi connectivity index (χ4v) is 11.7. The molecule has 13 rings (SSSR count). The highest BCUT2D eigenvalue weighted by atomic mass is 15.0. The lowest BCUT2D eigenvalue weighted by Crippen LogP contribution is -2.25. The average Bonchev–Trinajstić information content (AvgIpc) is 3.95. The number of benzene rings is 8. The normalized spacial score (nSPS) is 17.9. The van der Waals surface area contributed by atoms with Gasteiger partial charge in [-0.3, -0.25) is 0 Å². The van der Waals surface area contributed by atoms with Crippen molar-refractivity contribution in [2.75, 3.05) is 0 Å². The van der Waals surface area contributed by atoms with Crippen LogP contribution in [-0.4, -0.2) is 16.1 Å². The van der Waals surface area contributed by atoms with Gasteiger partial charge in [-0.15, -0.1) is 0 Å². The minimum absolute atomic E-state index is 0.00411. The van der Waals surface area contributed by atoms with E-state index in [0.29, 0.717) is 0 Å². The van der Waals surface area contributed by atoms with Crippen LogP contribution in [-0.2, 0) is 5.41 Å². The SMILES string of the molecule is CC1=C(c2cccc(-n3c4ccccc4c4ccc5c(c43)-c3ccccc3C53c4ccccc4-c4ccccc43)c2)N=C(C2CC=CC=C2c2ccccc2)N=C(c2ccccc2)C1C. The van der Waals surface area contributed by atoms with Crippen molar-refractivity contribution in [3.05, 3.63) is 257 Å². The minimum Gasteiger partial charge on any atom is -0.309 e. The number of hydrogen-bond acceptors (Lipinski definition) is 2. The molecular formula is C62H45N3. The van der Waals surface area contributed by atoms with Gasteiger partial charge in [0.05, 0.1) is 27.9 Å². The molecule has 8 aromatic carbocycles. The Kier molecular flexibility index (Phi) is 8.45. The molecule has 0 amide bonds. The maximum Gasteiger partial charge on any atom is 0.137 e. The molecule has 0 saturated heterocycles. The Bertz CT molecular complexity index is 3550. The van der Waals surface area contributed by atoms with Crippen LogP contribution >= 0.6 is 0 Å². The van der Waals surface area contributed by atoms with E-state index in [0.717, 1.165) is 40.5 Å². The van der Waals surface area contributed by atoms with Gasteiger partial charge in [-0.1, -0.05) is 201 Å². The summed E-state index contributed by atoms with van der Waals surface area (Å²) in [7, 11) is 0. The summed E-state index contributed by atoms with van der Waals surface area (Å²) in [4.78, 5) is 11.3. The molecule has 3 heteroatoms. The molecule has 2 atom stereocenters. The fraction of sp³-hybridized carbons (Fsp3) is 0.0968. The van der Waals surface area contributed by atoms with E-state index in [-0.39, 0.29) is 11.8 Å². The predicted molar refractivity (Wildman–Crippen MR) is 271 cm³/mol. The number of hydrogen-bond donors (Lipinski definition) is 0. The second kappa shape index (κ2) is 14.6. The summed E-state index contributed by atoms with van der Waals surface area (Å²) >= 11 is 0. The third-order valence-corrected chi connectivity index (χ3v) is 14.7. The van der Waals surface area contributed by atoms with Crippen LogP contribution in [0.5, 0.6) is 0 Å². The summed E-state index contributed by atoms with van der Waals surface area (Å²) in [5, 5.41) is 2.49. The lowest BCUT2D eigenvalue weighted by molar-refractivity contribution is 0.794. The molecule has 0 fully saturated rings. The Morgan fingerprint density at radius 3 is 1.89 bits per heavy atom. The van der Waals surface area contributed by atoms with E-state index in [9.17, 15) is 0 Å². The van der Waals surface area contributed by atoms with Gasteiger partial charge in [-0.2, -0.15) is 0 Å². The van der Waals surface area contributed by atoms with Crippen molar-refractivity contribution in [2.45, 2.75) is 25.7 Å². The van der Waals surface area contributed by atoms with Gasteiger partial charge < -0.3 is 4.57 Å². The third kappa shape index (κ3) is 5.42. The first-order valence-electron chi connectivity index (χ1n) is 22.9. The standard InChI is InChI=1S/C62H45N3/c1-39-40(2)59(64-61(63-58(39)42-22-7-4-8-23-42)50-30-10-9-26-45(50)41-20-5-3-6-21-41)43-24-19-25-44(38-43)65-56-35-18-14-29-48(56)49-36-37-55-57(60(49)65)51-31-13-17-34-54(51)62(55)52-32-15-11-27-46(52)47-28-12-16-33-53(47)62/h3-29,31-39,50H,30H2,1-2H3. The Hall–Kier alpha value is -7.88. The molecule has 1 aliphatic heterocycles. The number of aliphatic imine (C=N–C) groups is 2. The first-order valence-corrected chi connectivity index (χ1v) is 22.9. The van der Waals surface area contributed by atoms with E-state index < -0.39 is 5.41 Å². The Morgan fingerprint density at radius 1 is 0.538 bits per heavy atom. The van der Waals surface area contributed by atoms with Gasteiger partial charge in [0.15, 0.2) is 0 Å². The second-order valence-corrected chi connectivity index (χ2v) is 18.0. The van der Waals surface area contributed by atoms with Gasteiger partial charge in [-0.05, 0) is 92.8 Å². The number of rotatable bonds is 5. The summed E-state index contributed by atoms with van der Waals surface area (Å²) in [6, 6.07) is 71.6. The molecule has 0 radical (unpaired) electrons. The molecule has 4 aliphatic rings. The Morgan fingerprint density at radius 2 is 1.15 bits per heavy atom. The summed E-state index contributed by atoms with van der Waals surface area (Å²) in [6.07, 6.45) is 7.52. The zero-order chi connectivity index (χ0) is 43.2. The molecule has 308 valence electrons. The van der Waals surface area contributed by atoms with E-state index >= 15 is 0 Å². The molecule has 1 spiro atoms. The minimum atomic E-state index is -0.433. The van der Waals surface area contributed by atoms with E-state index in [2.05, 4.69) is 231 Å². The topological polar surface area (TPSA) is 29.6 Å². The quantitative estimate of drug-likeness (QED) is 0.165. The third-order valence-electron chi connectivity index (χ3n) is 14.7. The smallest absolute Gasteiger partial charge is 0.137 e. The van der Waals surface area contributed by atoms with Gasteiger partial charge in [0.2, 0.25) is 0 Å². The fourth-order valence-electron chi connectivity index (χ4n) is 11.7. The number of amidine groups is 1. The number of para-hydroxylation sites is 1. The molecule has 65 heavy (non-hydrogen) atoms. The molecule has 2 heterocycles. The Labute approximate surface area is 379 Å². The lowest BCUT2D eigenvalue weighted by Gasteiger charge is -2.30. The monoisotopic (exact) mass is 831 g/mol. The Balaban J connectivity index is 1.05. The first-order chi connectivity index (χ1) is 32.1. The summed E-state index contributed by atoms with van der Waals surface area (Å²) in [5.74, 6) is 0.874.